The minimum Gasteiger partial charge on any atom is -0.339 e. The number of carbonyl (C=O) groups is 1. The van der Waals surface area contributed by atoms with E-state index in [-0.39, 0.29) is 12.2 Å². The van der Waals surface area contributed by atoms with Crippen molar-refractivity contribution in [2.45, 2.75) is 33.1 Å². The maximum atomic E-state index is 13.0. The van der Waals surface area contributed by atoms with Crippen molar-refractivity contribution in [1.82, 2.24) is 10.1 Å². The van der Waals surface area contributed by atoms with Crippen molar-refractivity contribution in [3.05, 3.63) is 46.3 Å². The Kier molecular flexibility index (Phi) is 5.07. The van der Waals surface area contributed by atoms with Crippen LogP contribution in [0.15, 0.2) is 22.7 Å². The second-order valence-electron chi connectivity index (χ2n) is 5.33. The fraction of sp³-hybridized carbons (Fsp3) is 0.400. The summed E-state index contributed by atoms with van der Waals surface area (Å²) < 4.78 is 18.0. The number of hydrogen-bond acceptors (Lipinski definition) is 4. The number of halogens is 2. The molecular weight excluding hydrogens is 295 g/mol. The molecule has 2 rings (SSSR count). The molecule has 2 aromatic rings. The van der Waals surface area contributed by atoms with Crippen molar-refractivity contribution in [2.24, 2.45) is 5.92 Å². The molecule has 0 bridgehead atoms. The van der Waals surface area contributed by atoms with Crippen LogP contribution in [0.4, 0.5) is 4.39 Å². The van der Waals surface area contributed by atoms with Gasteiger partial charge in [-0.1, -0.05) is 36.7 Å². The van der Waals surface area contributed by atoms with E-state index in [9.17, 15) is 9.18 Å². The molecule has 1 aromatic heterocycles. The SMILES string of the molecule is CC(C)CC(=O)Cc1nc(Cc2ccc(F)cc2Cl)no1. The summed E-state index contributed by atoms with van der Waals surface area (Å²) in [7, 11) is 0. The minimum absolute atomic E-state index is 0.0695. The minimum atomic E-state index is -0.392. The van der Waals surface area contributed by atoms with Gasteiger partial charge in [0.25, 0.3) is 0 Å². The lowest BCUT2D eigenvalue weighted by Crippen LogP contribution is -2.06. The number of hydrogen-bond donors (Lipinski definition) is 0. The van der Waals surface area contributed by atoms with E-state index in [1.54, 1.807) is 6.07 Å². The fourth-order valence-corrected chi connectivity index (χ4v) is 2.20. The second-order valence-corrected chi connectivity index (χ2v) is 5.74. The molecule has 0 radical (unpaired) electrons. The van der Waals surface area contributed by atoms with E-state index in [0.29, 0.717) is 41.1 Å². The predicted molar refractivity (Wildman–Crippen MR) is 76.7 cm³/mol. The van der Waals surface area contributed by atoms with Crippen LogP contribution in [0, 0.1) is 11.7 Å². The van der Waals surface area contributed by atoms with Crippen molar-refractivity contribution < 1.29 is 13.7 Å². The van der Waals surface area contributed by atoms with Gasteiger partial charge in [-0.15, -0.1) is 0 Å². The van der Waals surface area contributed by atoms with E-state index in [1.165, 1.54) is 12.1 Å². The summed E-state index contributed by atoms with van der Waals surface area (Å²) in [6, 6.07) is 4.15. The van der Waals surface area contributed by atoms with Crippen molar-refractivity contribution in [2.75, 3.05) is 0 Å². The molecule has 0 aliphatic carbocycles. The summed E-state index contributed by atoms with van der Waals surface area (Å²) in [5, 5.41) is 4.13. The number of nitrogens with zero attached hydrogens (tertiary/aromatic N) is 2. The highest BCUT2D eigenvalue weighted by atomic mass is 35.5. The van der Waals surface area contributed by atoms with E-state index < -0.39 is 5.82 Å². The van der Waals surface area contributed by atoms with Crippen LogP contribution in [-0.2, 0) is 17.6 Å². The Hall–Kier alpha value is -1.75. The molecule has 0 saturated heterocycles. The van der Waals surface area contributed by atoms with Gasteiger partial charge in [0.15, 0.2) is 5.82 Å². The Bertz CT molecular complexity index is 640. The zero-order valence-electron chi connectivity index (χ0n) is 11.9. The molecule has 0 amide bonds. The molecule has 0 aliphatic heterocycles. The average Bonchev–Trinajstić information content (AvgIpc) is 2.79. The molecule has 6 heteroatoms. The van der Waals surface area contributed by atoms with Gasteiger partial charge in [0.1, 0.15) is 11.6 Å². The Morgan fingerprint density at radius 3 is 2.86 bits per heavy atom. The zero-order valence-corrected chi connectivity index (χ0v) is 12.7. The molecule has 0 unspecified atom stereocenters. The van der Waals surface area contributed by atoms with Crippen molar-refractivity contribution in [3.8, 4) is 0 Å². The van der Waals surface area contributed by atoms with E-state index in [0.717, 1.165) is 0 Å². The van der Waals surface area contributed by atoms with E-state index >= 15 is 0 Å². The van der Waals surface area contributed by atoms with Crippen LogP contribution in [0.5, 0.6) is 0 Å². The van der Waals surface area contributed by atoms with Crippen LogP contribution in [0.3, 0.4) is 0 Å². The van der Waals surface area contributed by atoms with E-state index in [2.05, 4.69) is 10.1 Å². The molecule has 21 heavy (non-hydrogen) atoms. The molecule has 0 fully saturated rings. The summed E-state index contributed by atoms with van der Waals surface area (Å²) in [4.78, 5) is 15.9. The first-order chi connectivity index (χ1) is 9.94. The summed E-state index contributed by atoms with van der Waals surface area (Å²) in [5.41, 5.74) is 0.707. The number of Topliss-reactive ketones (excluding diaryl/α,β-unsaturated/α-hetero) is 1. The Morgan fingerprint density at radius 2 is 2.19 bits per heavy atom. The smallest absolute Gasteiger partial charge is 0.234 e. The predicted octanol–water partition coefficient (Wildman–Crippen LogP) is 3.61. The number of rotatable bonds is 6. The molecule has 1 aromatic carbocycles. The number of aromatic nitrogens is 2. The lowest BCUT2D eigenvalue weighted by Gasteiger charge is -2.01. The third-order valence-electron chi connectivity index (χ3n) is 2.86. The highest BCUT2D eigenvalue weighted by Crippen LogP contribution is 2.19. The van der Waals surface area contributed by atoms with Crippen LogP contribution in [0.2, 0.25) is 5.02 Å². The largest absolute Gasteiger partial charge is 0.339 e. The van der Waals surface area contributed by atoms with Gasteiger partial charge >= 0.3 is 0 Å². The molecule has 0 N–H and O–H groups in total. The van der Waals surface area contributed by atoms with Crippen LogP contribution in [0.25, 0.3) is 0 Å². The highest BCUT2D eigenvalue weighted by molar-refractivity contribution is 6.31. The van der Waals surface area contributed by atoms with Gasteiger partial charge in [-0.25, -0.2) is 4.39 Å². The zero-order chi connectivity index (χ0) is 15.4. The van der Waals surface area contributed by atoms with Gasteiger partial charge < -0.3 is 4.52 Å². The Morgan fingerprint density at radius 1 is 1.43 bits per heavy atom. The fourth-order valence-electron chi connectivity index (χ4n) is 1.97. The normalized spacial score (nSPS) is 11.1. The maximum absolute atomic E-state index is 13.0. The third kappa shape index (κ3) is 4.63. The van der Waals surface area contributed by atoms with Gasteiger partial charge in [0.05, 0.1) is 6.42 Å². The van der Waals surface area contributed by atoms with Crippen LogP contribution in [-0.4, -0.2) is 15.9 Å². The monoisotopic (exact) mass is 310 g/mol. The lowest BCUT2D eigenvalue weighted by atomic mass is 10.1. The maximum Gasteiger partial charge on any atom is 0.234 e. The Balaban J connectivity index is 2.01. The molecule has 1 heterocycles. The molecular formula is C15H16ClFN2O2. The first-order valence-corrected chi connectivity index (χ1v) is 7.09. The average molecular weight is 311 g/mol. The number of benzene rings is 1. The van der Waals surface area contributed by atoms with Gasteiger partial charge in [-0.2, -0.15) is 4.98 Å². The standard InChI is InChI=1S/C15H16ClFN2O2/c1-9(2)5-12(20)8-15-18-14(19-21-15)6-10-3-4-11(17)7-13(10)16/h3-4,7,9H,5-6,8H2,1-2H3. The summed E-state index contributed by atoms with van der Waals surface area (Å²) in [6.45, 7) is 3.96. The van der Waals surface area contributed by atoms with Crippen LogP contribution >= 0.6 is 11.6 Å². The third-order valence-corrected chi connectivity index (χ3v) is 3.21. The van der Waals surface area contributed by atoms with Crippen molar-refractivity contribution in [3.63, 3.8) is 0 Å². The number of ketones is 1. The number of carbonyl (C=O) groups excluding carboxylic acids is 1. The highest BCUT2D eigenvalue weighted by Gasteiger charge is 2.14. The molecule has 0 saturated carbocycles. The van der Waals surface area contributed by atoms with Crippen LogP contribution in [0.1, 0.15) is 37.5 Å². The molecule has 0 atom stereocenters. The molecule has 112 valence electrons. The second kappa shape index (κ2) is 6.80. The first-order valence-electron chi connectivity index (χ1n) is 6.71. The van der Waals surface area contributed by atoms with Gasteiger partial charge in [-0.3, -0.25) is 4.79 Å². The Labute approximate surface area is 127 Å². The first kappa shape index (κ1) is 15.6. The van der Waals surface area contributed by atoms with Gasteiger partial charge in [-0.05, 0) is 23.6 Å². The molecule has 4 nitrogen and oxygen atoms in total. The van der Waals surface area contributed by atoms with E-state index in [4.69, 9.17) is 16.1 Å². The quantitative estimate of drug-likeness (QED) is 0.818. The van der Waals surface area contributed by atoms with E-state index in [1.807, 2.05) is 13.8 Å². The topological polar surface area (TPSA) is 56.0 Å². The van der Waals surface area contributed by atoms with Crippen molar-refractivity contribution >= 4 is 17.4 Å². The molecule has 0 spiro atoms. The van der Waals surface area contributed by atoms with Gasteiger partial charge in [0, 0.05) is 17.9 Å². The van der Waals surface area contributed by atoms with Crippen molar-refractivity contribution in [1.29, 1.82) is 0 Å². The van der Waals surface area contributed by atoms with Gasteiger partial charge in [0.2, 0.25) is 5.89 Å². The van der Waals surface area contributed by atoms with Crippen LogP contribution < -0.4 is 0 Å². The summed E-state index contributed by atoms with van der Waals surface area (Å²) >= 11 is 5.95. The summed E-state index contributed by atoms with van der Waals surface area (Å²) in [6.07, 6.45) is 0.963. The summed E-state index contributed by atoms with van der Waals surface area (Å²) in [5.74, 6) is 0.708. The lowest BCUT2D eigenvalue weighted by molar-refractivity contribution is -0.119. The molecule has 0 aliphatic rings.